The molecule has 0 unspecified atom stereocenters. The quantitative estimate of drug-likeness (QED) is 0.578. The monoisotopic (exact) mass is 319 g/mol. The predicted octanol–water partition coefficient (Wildman–Crippen LogP) is 3.19. The highest BCUT2D eigenvalue weighted by molar-refractivity contribution is 5.93. The van der Waals surface area contributed by atoms with E-state index in [1.54, 1.807) is 13.4 Å². The smallest absolute Gasteiger partial charge is 0.257 e. The lowest BCUT2D eigenvalue weighted by Crippen LogP contribution is -2.13. The zero-order chi connectivity index (χ0) is 16.5. The fraction of sp³-hybridized carbons (Fsp3) is 0.167. The summed E-state index contributed by atoms with van der Waals surface area (Å²) in [6, 6.07) is 16.4. The molecule has 0 aliphatic rings. The molecule has 2 aromatic heterocycles. The lowest BCUT2D eigenvalue weighted by molar-refractivity contribution is 0.185. The molecule has 2 heterocycles. The van der Waals surface area contributed by atoms with Crippen LogP contribution >= 0.6 is 0 Å². The first kappa shape index (κ1) is 14.6. The van der Waals surface area contributed by atoms with E-state index in [0.717, 1.165) is 28.0 Å². The van der Waals surface area contributed by atoms with E-state index in [1.165, 1.54) is 0 Å². The number of hydrogen-bond donors (Lipinski definition) is 0. The Kier molecular flexibility index (Phi) is 3.59. The zero-order valence-electron chi connectivity index (χ0n) is 13.5. The third-order valence-corrected chi connectivity index (χ3v) is 4.07. The summed E-state index contributed by atoms with van der Waals surface area (Å²) in [6.07, 6.45) is 1.69. The first-order valence-corrected chi connectivity index (χ1v) is 7.68. The number of nitrogens with zero attached hydrogens (tertiary/aromatic N) is 5. The molecule has 24 heavy (non-hydrogen) atoms. The van der Waals surface area contributed by atoms with Crippen LogP contribution in [-0.2, 0) is 11.3 Å². The van der Waals surface area contributed by atoms with E-state index in [0.29, 0.717) is 12.4 Å². The van der Waals surface area contributed by atoms with Gasteiger partial charge in [0.1, 0.15) is 12.1 Å². The minimum atomic E-state index is 0.561. The van der Waals surface area contributed by atoms with E-state index in [4.69, 9.17) is 9.72 Å². The highest BCUT2D eigenvalue weighted by atomic mass is 16.5. The number of hydrogen-bond acceptors (Lipinski definition) is 5. The molecule has 0 aliphatic heterocycles. The van der Waals surface area contributed by atoms with Gasteiger partial charge in [-0.15, -0.1) is 10.2 Å². The summed E-state index contributed by atoms with van der Waals surface area (Å²) in [4.78, 5) is 6.76. The third-order valence-electron chi connectivity index (χ3n) is 4.07. The number of rotatable bonds is 4. The van der Waals surface area contributed by atoms with Crippen LogP contribution in [0.2, 0.25) is 0 Å². The van der Waals surface area contributed by atoms with Crippen LogP contribution in [0.4, 0.5) is 11.5 Å². The normalized spacial score (nSPS) is 11.2. The molecule has 4 aromatic rings. The van der Waals surface area contributed by atoms with E-state index in [2.05, 4.69) is 45.4 Å². The van der Waals surface area contributed by atoms with Crippen LogP contribution in [0.3, 0.4) is 0 Å². The Morgan fingerprint density at radius 1 is 1.12 bits per heavy atom. The van der Waals surface area contributed by atoms with Gasteiger partial charge < -0.3 is 9.64 Å². The van der Waals surface area contributed by atoms with E-state index in [-0.39, 0.29) is 0 Å². The van der Waals surface area contributed by atoms with Crippen molar-refractivity contribution in [2.75, 3.05) is 19.1 Å². The van der Waals surface area contributed by atoms with Gasteiger partial charge in [-0.3, -0.25) is 4.40 Å². The van der Waals surface area contributed by atoms with E-state index in [9.17, 15) is 0 Å². The van der Waals surface area contributed by atoms with Crippen molar-refractivity contribution in [2.24, 2.45) is 0 Å². The van der Waals surface area contributed by atoms with Crippen molar-refractivity contribution in [3.63, 3.8) is 0 Å². The maximum Gasteiger partial charge on any atom is 0.257 e. The molecule has 0 aliphatic carbocycles. The molecular formula is C18H17N5O. The summed E-state index contributed by atoms with van der Waals surface area (Å²) in [5.74, 6) is 1.43. The maximum absolute atomic E-state index is 5.25. The Labute approximate surface area is 139 Å². The molecule has 0 atom stereocenters. The van der Waals surface area contributed by atoms with Gasteiger partial charge in [-0.1, -0.05) is 24.3 Å². The molecule has 0 spiro atoms. The van der Waals surface area contributed by atoms with Crippen LogP contribution in [0.5, 0.6) is 0 Å². The van der Waals surface area contributed by atoms with E-state index >= 15 is 0 Å². The first-order valence-electron chi connectivity index (χ1n) is 7.68. The summed E-state index contributed by atoms with van der Waals surface area (Å²) in [5, 5.41) is 9.16. The largest absolute Gasteiger partial charge is 0.380 e. The SMILES string of the molecule is COCc1ccc2c(N(C)c3ccccc3)nc3nncn3c2c1. The average Bonchev–Trinajstić information content (AvgIpc) is 3.10. The second-order valence-corrected chi connectivity index (χ2v) is 5.62. The number of methoxy groups -OCH3 is 1. The Balaban J connectivity index is 1.97. The molecular weight excluding hydrogens is 302 g/mol. The molecule has 0 bridgehead atoms. The van der Waals surface area contributed by atoms with E-state index < -0.39 is 0 Å². The molecule has 0 saturated heterocycles. The predicted molar refractivity (Wildman–Crippen MR) is 93.5 cm³/mol. The van der Waals surface area contributed by atoms with Crippen molar-refractivity contribution in [3.05, 3.63) is 60.4 Å². The Hall–Kier alpha value is -2.99. The van der Waals surface area contributed by atoms with Crippen LogP contribution in [-0.4, -0.2) is 33.7 Å². The Morgan fingerprint density at radius 2 is 1.96 bits per heavy atom. The second kappa shape index (κ2) is 5.90. The van der Waals surface area contributed by atoms with Crippen LogP contribution < -0.4 is 4.90 Å². The summed E-state index contributed by atoms with van der Waals surface area (Å²) >= 11 is 0. The van der Waals surface area contributed by atoms with Gasteiger partial charge in [0.2, 0.25) is 0 Å². The van der Waals surface area contributed by atoms with Gasteiger partial charge in [-0.25, -0.2) is 0 Å². The van der Waals surface area contributed by atoms with Crippen molar-refractivity contribution < 1.29 is 4.74 Å². The average molecular weight is 319 g/mol. The first-order chi connectivity index (χ1) is 11.8. The van der Waals surface area contributed by atoms with Crippen LogP contribution in [0.25, 0.3) is 16.7 Å². The number of anilines is 2. The van der Waals surface area contributed by atoms with Crippen LogP contribution in [0.15, 0.2) is 54.9 Å². The van der Waals surface area contributed by atoms with Crippen molar-refractivity contribution >= 4 is 28.2 Å². The molecule has 120 valence electrons. The number of benzene rings is 2. The summed E-state index contributed by atoms with van der Waals surface area (Å²) in [6.45, 7) is 0.561. The fourth-order valence-electron chi connectivity index (χ4n) is 2.88. The Bertz CT molecular complexity index is 996. The van der Waals surface area contributed by atoms with Crippen LogP contribution in [0.1, 0.15) is 5.56 Å². The van der Waals surface area contributed by atoms with Gasteiger partial charge in [-0.2, -0.15) is 4.98 Å². The number of fused-ring (bicyclic) bond motifs is 3. The number of ether oxygens (including phenoxy) is 1. The van der Waals surface area contributed by atoms with Gasteiger partial charge in [0, 0.05) is 25.2 Å². The van der Waals surface area contributed by atoms with Gasteiger partial charge in [0.25, 0.3) is 5.78 Å². The number of aromatic nitrogens is 4. The third kappa shape index (κ3) is 2.37. The fourth-order valence-corrected chi connectivity index (χ4v) is 2.88. The standard InChI is InChI=1S/C18H17N5O/c1-22(14-6-4-3-5-7-14)17-15-9-8-13(11-24-2)10-16(15)23-12-19-21-18(23)20-17/h3-10,12H,11H2,1-2H3. The highest BCUT2D eigenvalue weighted by Gasteiger charge is 2.14. The zero-order valence-corrected chi connectivity index (χ0v) is 13.5. The lowest BCUT2D eigenvalue weighted by Gasteiger charge is -2.20. The van der Waals surface area contributed by atoms with Crippen molar-refractivity contribution in [2.45, 2.75) is 6.61 Å². The summed E-state index contributed by atoms with van der Waals surface area (Å²) < 4.78 is 7.15. The lowest BCUT2D eigenvalue weighted by atomic mass is 10.1. The second-order valence-electron chi connectivity index (χ2n) is 5.62. The molecule has 6 nitrogen and oxygen atoms in total. The number of para-hydroxylation sites is 1. The minimum Gasteiger partial charge on any atom is -0.380 e. The highest BCUT2D eigenvalue weighted by Crippen LogP contribution is 2.30. The molecule has 6 heteroatoms. The Morgan fingerprint density at radius 3 is 2.75 bits per heavy atom. The molecule has 0 fully saturated rings. The summed E-state index contributed by atoms with van der Waals surface area (Å²) in [7, 11) is 3.70. The summed E-state index contributed by atoms with van der Waals surface area (Å²) in [5.41, 5.74) is 3.17. The van der Waals surface area contributed by atoms with Gasteiger partial charge >= 0.3 is 0 Å². The van der Waals surface area contributed by atoms with Crippen LogP contribution in [0, 0.1) is 0 Å². The molecule has 0 radical (unpaired) electrons. The van der Waals surface area contributed by atoms with Gasteiger partial charge in [0.15, 0.2) is 0 Å². The van der Waals surface area contributed by atoms with Crippen molar-refractivity contribution in [1.82, 2.24) is 19.6 Å². The molecule has 4 rings (SSSR count). The molecule has 0 saturated carbocycles. The van der Waals surface area contributed by atoms with Gasteiger partial charge in [-0.05, 0) is 29.8 Å². The van der Waals surface area contributed by atoms with Crippen molar-refractivity contribution in [1.29, 1.82) is 0 Å². The molecule has 0 N–H and O–H groups in total. The molecule has 0 amide bonds. The van der Waals surface area contributed by atoms with Gasteiger partial charge in [0.05, 0.1) is 12.1 Å². The molecule has 2 aromatic carbocycles. The topological polar surface area (TPSA) is 55.5 Å². The maximum atomic E-state index is 5.25. The van der Waals surface area contributed by atoms with E-state index in [1.807, 2.05) is 29.6 Å². The van der Waals surface area contributed by atoms with Crippen molar-refractivity contribution in [3.8, 4) is 0 Å². The minimum absolute atomic E-state index is 0.561.